The van der Waals surface area contributed by atoms with Crippen LogP contribution in [0.5, 0.6) is 0 Å². The highest BCUT2D eigenvalue weighted by molar-refractivity contribution is 7.13. The summed E-state index contributed by atoms with van der Waals surface area (Å²) in [6.45, 7) is 10.8. The van der Waals surface area contributed by atoms with Crippen molar-refractivity contribution >= 4 is 35.6 Å². The van der Waals surface area contributed by atoms with Gasteiger partial charge in [0.05, 0.1) is 11.0 Å². The van der Waals surface area contributed by atoms with Crippen LogP contribution in [0.2, 0.25) is 0 Å². The summed E-state index contributed by atoms with van der Waals surface area (Å²) < 4.78 is 5.72. The van der Waals surface area contributed by atoms with Gasteiger partial charge in [0.2, 0.25) is 5.91 Å². The quantitative estimate of drug-likeness (QED) is 0.818. The van der Waals surface area contributed by atoms with Gasteiger partial charge in [0, 0.05) is 49.5 Å². The van der Waals surface area contributed by atoms with Gasteiger partial charge in [-0.05, 0) is 26.0 Å². The summed E-state index contributed by atoms with van der Waals surface area (Å²) >= 11 is 1.51. The molecule has 1 aliphatic carbocycles. The summed E-state index contributed by atoms with van der Waals surface area (Å²) in [6, 6.07) is 3.84. The van der Waals surface area contributed by atoms with Crippen LogP contribution in [-0.2, 0) is 9.53 Å². The summed E-state index contributed by atoms with van der Waals surface area (Å²) in [5.74, 6) is 0.0376. The number of hydrogen-bond donors (Lipinski definition) is 1. The van der Waals surface area contributed by atoms with Gasteiger partial charge in [-0.1, -0.05) is 13.8 Å². The van der Waals surface area contributed by atoms with Crippen LogP contribution in [-0.4, -0.2) is 66.0 Å². The van der Waals surface area contributed by atoms with E-state index in [2.05, 4.69) is 0 Å². The highest BCUT2D eigenvalue weighted by Gasteiger charge is 2.63. The number of aryl methyl sites for hydroxylation is 1. The minimum atomic E-state index is -0.885. The van der Waals surface area contributed by atoms with Gasteiger partial charge in [-0.3, -0.25) is 9.59 Å². The zero-order valence-electron chi connectivity index (χ0n) is 16.5. The molecule has 0 radical (unpaired) electrons. The smallest absolute Gasteiger partial charge is 0.264 e. The second-order valence-electron chi connectivity index (χ2n) is 7.84. The number of hydrogen-bond acceptors (Lipinski definition) is 5. The third-order valence-corrected chi connectivity index (χ3v) is 7.01. The van der Waals surface area contributed by atoms with Crippen LogP contribution in [0.3, 0.4) is 0 Å². The lowest BCUT2D eigenvalue weighted by Crippen LogP contribution is -2.76. The second kappa shape index (κ2) is 8.07. The number of rotatable bonds is 4. The number of thiophene rings is 1. The Kier molecular flexibility index (Phi) is 6.62. The summed E-state index contributed by atoms with van der Waals surface area (Å²) in [7, 11) is 0. The first-order valence-corrected chi connectivity index (χ1v) is 10.1. The Labute approximate surface area is 171 Å². The Hall–Kier alpha value is -1.15. The van der Waals surface area contributed by atoms with Crippen molar-refractivity contribution in [3.63, 3.8) is 0 Å². The topological polar surface area (TPSA) is 75.9 Å². The second-order valence-corrected chi connectivity index (χ2v) is 9.12. The van der Waals surface area contributed by atoms with Gasteiger partial charge < -0.3 is 20.3 Å². The first-order chi connectivity index (χ1) is 12.2. The Bertz CT molecular complexity index is 700. The number of ether oxygens (including phenoxy) is 1. The van der Waals surface area contributed by atoms with E-state index in [1.165, 1.54) is 11.3 Å². The highest BCUT2D eigenvalue weighted by atomic mass is 35.5. The minimum absolute atomic E-state index is 0. The summed E-state index contributed by atoms with van der Waals surface area (Å²) in [5, 5.41) is 0. The van der Waals surface area contributed by atoms with Gasteiger partial charge >= 0.3 is 0 Å². The average Bonchev–Trinajstić information content (AvgIpc) is 3.06. The fourth-order valence-electron chi connectivity index (χ4n) is 3.90. The van der Waals surface area contributed by atoms with Crippen LogP contribution in [0.4, 0.5) is 0 Å². The highest BCUT2D eigenvalue weighted by Crippen LogP contribution is 2.50. The van der Waals surface area contributed by atoms with Crippen LogP contribution in [0.25, 0.3) is 0 Å². The predicted octanol–water partition coefficient (Wildman–Crippen LogP) is 2.30. The number of carbonyl (C=O) groups is 2. The number of piperazine rings is 1. The van der Waals surface area contributed by atoms with E-state index >= 15 is 0 Å². The molecule has 0 spiro atoms. The first kappa shape index (κ1) is 22.1. The molecule has 8 heteroatoms. The molecular formula is C19H30ClN3O3S. The number of nitrogens with two attached hydrogens (primary N) is 1. The van der Waals surface area contributed by atoms with Gasteiger partial charge in [0.25, 0.3) is 5.91 Å². The molecule has 3 rings (SSSR count). The maximum absolute atomic E-state index is 13.1. The molecule has 2 heterocycles. The Morgan fingerprint density at radius 1 is 1.22 bits per heavy atom. The standard InChI is InChI=1S/C19H29N3O3S.ClH/c1-5-25-15-12-19(20,18(15,3)4)17(24)22-10-8-21(9-11-22)16(23)14-7-6-13(2)26-14;/h6-7,15H,5,8-12,20H2,1-4H3;1H. The first-order valence-electron chi connectivity index (χ1n) is 9.26. The third-order valence-electron chi connectivity index (χ3n) is 6.02. The lowest BCUT2D eigenvalue weighted by Gasteiger charge is -2.59. The number of nitrogens with zero attached hydrogens (tertiary/aromatic N) is 2. The minimum Gasteiger partial charge on any atom is -0.378 e. The number of amides is 2. The summed E-state index contributed by atoms with van der Waals surface area (Å²) in [5.41, 5.74) is 5.24. The molecule has 6 nitrogen and oxygen atoms in total. The fourth-order valence-corrected chi connectivity index (χ4v) is 4.73. The molecule has 0 bridgehead atoms. The van der Waals surface area contributed by atoms with E-state index in [4.69, 9.17) is 10.5 Å². The fraction of sp³-hybridized carbons (Fsp3) is 0.684. The zero-order chi connectivity index (χ0) is 19.1. The van der Waals surface area contributed by atoms with E-state index in [0.717, 1.165) is 9.75 Å². The van der Waals surface area contributed by atoms with E-state index in [1.807, 2.05) is 49.6 Å². The van der Waals surface area contributed by atoms with Crippen molar-refractivity contribution in [2.45, 2.75) is 45.8 Å². The van der Waals surface area contributed by atoms with E-state index in [-0.39, 0.29) is 35.7 Å². The maximum Gasteiger partial charge on any atom is 0.264 e. The monoisotopic (exact) mass is 415 g/mol. The summed E-state index contributed by atoms with van der Waals surface area (Å²) in [4.78, 5) is 31.2. The van der Waals surface area contributed by atoms with Crippen LogP contribution in [0, 0.1) is 12.3 Å². The van der Waals surface area contributed by atoms with Crippen LogP contribution < -0.4 is 5.73 Å². The molecule has 1 aromatic rings. The van der Waals surface area contributed by atoms with E-state index in [9.17, 15) is 9.59 Å². The molecule has 1 aromatic heterocycles. The SMILES string of the molecule is CCOC1CC(N)(C(=O)N2CCN(C(=O)c3ccc(C)s3)CC2)C1(C)C.Cl. The average molecular weight is 416 g/mol. The van der Waals surface area contributed by atoms with Gasteiger partial charge in [-0.2, -0.15) is 0 Å². The van der Waals surface area contributed by atoms with Crippen molar-refractivity contribution in [2.24, 2.45) is 11.1 Å². The molecule has 1 saturated heterocycles. The van der Waals surface area contributed by atoms with Gasteiger partial charge in [0.15, 0.2) is 0 Å². The molecule has 27 heavy (non-hydrogen) atoms. The molecule has 152 valence electrons. The largest absolute Gasteiger partial charge is 0.378 e. The Morgan fingerprint density at radius 2 is 1.81 bits per heavy atom. The van der Waals surface area contributed by atoms with Gasteiger partial charge in [-0.25, -0.2) is 0 Å². The molecule has 0 aromatic carbocycles. The molecule has 1 saturated carbocycles. The molecule has 2 N–H and O–H groups in total. The predicted molar refractivity (Wildman–Crippen MR) is 110 cm³/mol. The van der Waals surface area contributed by atoms with Crippen molar-refractivity contribution in [1.82, 2.24) is 9.80 Å². The molecule has 2 amide bonds. The molecule has 2 fully saturated rings. The molecule has 2 atom stereocenters. The Balaban J connectivity index is 0.00000261. The Morgan fingerprint density at radius 3 is 2.30 bits per heavy atom. The molecular weight excluding hydrogens is 386 g/mol. The lowest BCUT2D eigenvalue weighted by molar-refractivity contribution is -0.180. The number of halogens is 1. The van der Waals surface area contributed by atoms with Crippen molar-refractivity contribution in [3.8, 4) is 0 Å². The number of carbonyl (C=O) groups excluding carboxylic acids is 2. The van der Waals surface area contributed by atoms with E-state index in [1.54, 1.807) is 0 Å². The lowest BCUT2D eigenvalue weighted by atomic mass is 9.54. The maximum atomic E-state index is 13.1. The summed E-state index contributed by atoms with van der Waals surface area (Å²) in [6.07, 6.45) is 0.576. The van der Waals surface area contributed by atoms with Crippen LogP contribution in [0.15, 0.2) is 12.1 Å². The van der Waals surface area contributed by atoms with Crippen molar-refractivity contribution in [1.29, 1.82) is 0 Å². The van der Waals surface area contributed by atoms with Crippen molar-refractivity contribution in [2.75, 3.05) is 32.8 Å². The third kappa shape index (κ3) is 3.75. The molecule has 2 unspecified atom stereocenters. The van der Waals surface area contributed by atoms with Gasteiger partial charge in [-0.15, -0.1) is 23.7 Å². The van der Waals surface area contributed by atoms with E-state index < -0.39 is 5.54 Å². The van der Waals surface area contributed by atoms with Crippen LogP contribution in [0.1, 0.15) is 41.7 Å². The van der Waals surface area contributed by atoms with Crippen molar-refractivity contribution in [3.05, 3.63) is 21.9 Å². The molecule has 1 aliphatic heterocycles. The normalized spacial score (nSPS) is 26.9. The van der Waals surface area contributed by atoms with Crippen LogP contribution >= 0.6 is 23.7 Å². The van der Waals surface area contributed by atoms with E-state index in [0.29, 0.717) is 39.2 Å². The van der Waals surface area contributed by atoms with Gasteiger partial charge in [0.1, 0.15) is 5.54 Å². The molecule has 2 aliphatic rings. The zero-order valence-corrected chi connectivity index (χ0v) is 18.1. The van der Waals surface area contributed by atoms with Crippen molar-refractivity contribution < 1.29 is 14.3 Å².